The maximum Gasteiger partial charge on any atom is 0.280 e. The maximum absolute atomic E-state index is 13.4. The van der Waals surface area contributed by atoms with E-state index in [1.165, 1.54) is 19.4 Å². The number of carbonyl (C=O) groups excluding carboxylic acids is 1. The topological polar surface area (TPSA) is 89.0 Å². The van der Waals surface area contributed by atoms with E-state index in [1.54, 1.807) is 19.1 Å². The number of fused-ring (bicyclic) bond motifs is 1. The number of alkyl halides is 2. The van der Waals surface area contributed by atoms with Gasteiger partial charge in [-0.15, -0.1) is 0 Å². The molecule has 1 amide bonds. The summed E-state index contributed by atoms with van der Waals surface area (Å²) in [5.74, 6) is 0.0431. The number of pyridine rings is 2. The van der Waals surface area contributed by atoms with Crippen molar-refractivity contribution < 1.29 is 18.3 Å². The van der Waals surface area contributed by atoms with Gasteiger partial charge in [-0.1, -0.05) is 18.2 Å². The summed E-state index contributed by atoms with van der Waals surface area (Å²) in [6.45, 7) is 5.44. The molecular weight excluding hydrogens is 454 g/mol. The average Bonchev–Trinajstić information content (AvgIpc) is 3.14. The third-order valence-corrected chi connectivity index (χ3v) is 6.16. The molecule has 3 heterocycles. The highest BCUT2D eigenvalue weighted by Crippen LogP contribution is 2.32. The summed E-state index contributed by atoms with van der Waals surface area (Å²) in [5.41, 5.74) is 2.93. The zero-order valence-corrected chi connectivity index (χ0v) is 19.9. The van der Waals surface area contributed by atoms with Gasteiger partial charge in [0.25, 0.3) is 17.9 Å². The van der Waals surface area contributed by atoms with Crippen LogP contribution in [0.15, 0.2) is 53.5 Å². The van der Waals surface area contributed by atoms with Crippen LogP contribution in [0.3, 0.4) is 0 Å². The number of nitrogens with one attached hydrogen (secondary N) is 2. The lowest BCUT2D eigenvalue weighted by atomic mass is 10.1. The number of rotatable bonds is 7. The summed E-state index contributed by atoms with van der Waals surface area (Å²) in [5, 5.41) is 3.56. The molecule has 9 heteroatoms. The van der Waals surface area contributed by atoms with Crippen molar-refractivity contribution >= 4 is 16.8 Å². The summed E-state index contributed by atoms with van der Waals surface area (Å²) in [6.07, 6.45) is -1.30. The number of ether oxygens (including phenoxy) is 1. The lowest BCUT2D eigenvalue weighted by Crippen LogP contribution is -2.28. The van der Waals surface area contributed by atoms with Crippen molar-refractivity contribution in [3.8, 4) is 5.75 Å². The van der Waals surface area contributed by atoms with E-state index in [2.05, 4.69) is 15.3 Å². The first-order chi connectivity index (χ1) is 16.7. The van der Waals surface area contributed by atoms with Crippen LogP contribution in [0.2, 0.25) is 0 Å². The van der Waals surface area contributed by atoms with E-state index in [-0.39, 0.29) is 29.7 Å². The van der Waals surface area contributed by atoms with Crippen LogP contribution in [0.5, 0.6) is 5.75 Å². The fourth-order valence-electron chi connectivity index (χ4n) is 4.46. The number of aromatic amines is 1. The molecule has 0 aliphatic carbocycles. The maximum atomic E-state index is 13.4. The van der Waals surface area contributed by atoms with E-state index in [0.29, 0.717) is 33.8 Å². The summed E-state index contributed by atoms with van der Waals surface area (Å²) < 4.78 is 33.7. The molecule has 0 saturated heterocycles. The van der Waals surface area contributed by atoms with Crippen molar-refractivity contribution in [2.24, 2.45) is 0 Å². The van der Waals surface area contributed by atoms with Gasteiger partial charge in [-0.3, -0.25) is 14.6 Å². The van der Waals surface area contributed by atoms with E-state index in [4.69, 9.17) is 4.74 Å². The van der Waals surface area contributed by atoms with Crippen LogP contribution in [0, 0.1) is 13.8 Å². The van der Waals surface area contributed by atoms with Crippen LogP contribution in [0.25, 0.3) is 10.9 Å². The smallest absolute Gasteiger partial charge is 0.280 e. The third kappa shape index (κ3) is 4.53. The van der Waals surface area contributed by atoms with Gasteiger partial charge in [0.15, 0.2) is 0 Å². The van der Waals surface area contributed by atoms with E-state index < -0.39 is 6.43 Å². The molecule has 0 fully saturated rings. The minimum atomic E-state index is -2.67. The minimum Gasteiger partial charge on any atom is -0.496 e. The average molecular weight is 481 g/mol. The van der Waals surface area contributed by atoms with E-state index in [9.17, 15) is 18.4 Å². The summed E-state index contributed by atoms with van der Waals surface area (Å²) in [6, 6.07) is 11.9. The summed E-state index contributed by atoms with van der Waals surface area (Å²) in [4.78, 5) is 32.3. The second kappa shape index (κ2) is 9.69. The highest BCUT2D eigenvalue weighted by Gasteiger charge is 2.24. The number of nitrogens with zero attached hydrogens (tertiary/aromatic N) is 2. The predicted molar refractivity (Wildman–Crippen MR) is 129 cm³/mol. The molecule has 2 N–H and O–H groups in total. The first-order valence-corrected chi connectivity index (χ1v) is 11.1. The largest absolute Gasteiger partial charge is 0.496 e. The number of methoxy groups -OCH3 is 1. The Kier molecular flexibility index (Phi) is 6.68. The van der Waals surface area contributed by atoms with Gasteiger partial charge in [-0.25, -0.2) is 8.78 Å². The normalized spacial score (nSPS) is 12.2. The van der Waals surface area contributed by atoms with Crippen molar-refractivity contribution in [3.63, 3.8) is 0 Å². The molecule has 1 unspecified atom stereocenters. The number of benzene rings is 1. The predicted octanol–water partition coefficient (Wildman–Crippen LogP) is 4.83. The lowest BCUT2D eigenvalue weighted by molar-refractivity contribution is 0.0951. The van der Waals surface area contributed by atoms with Crippen LogP contribution in [0.4, 0.5) is 8.78 Å². The van der Waals surface area contributed by atoms with Gasteiger partial charge < -0.3 is 19.6 Å². The standard InChI is InChI=1S/C26H26F2N4O3/c1-14-11-22(35-4)19(25(33)31-14)13-30-26(34)23-16(3)32(21-8-6-5-7-18(21)23)15(2)17-9-10-29-20(12-17)24(27)28/h5-12,15,24H,13H2,1-4H3,(H,30,34)(H,31,33). The molecule has 7 nitrogen and oxygen atoms in total. The Morgan fingerprint density at radius 2 is 1.94 bits per heavy atom. The molecule has 4 aromatic rings. The number of para-hydroxylation sites is 1. The minimum absolute atomic E-state index is 0.0196. The Morgan fingerprint density at radius 3 is 2.66 bits per heavy atom. The van der Waals surface area contributed by atoms with Crippen LogP contribution in [0.1, 0.15) is 58.0 Å². The van der Waals surface area contributed by atoms with Crippen molar-refractivity contribution in [2.45, 2.75) is 39.8 Å². The number of aryl methyl sites for hydroxylation is 1. The molecule has 35 heavy (non-hydrogen) atoms. The molecular formula is C26H26F2N4O3. The molecule has 182 valence electrons. The number of amides is 1. The first-order valence-electron chi connectivity index (χ1n) is 11.1. The highest BCUT2D eigenvalue weighted by molar-refractivity contribution is 6.08. The van der Waals surface area contributed by atoms with Crippen molar-refractivity contribution in [2.75, 3.05) is 7.11 Å². The van der Waals surface area contributed by atoms with Crippen LogP contribution >= 0.6 is 0 Å². The fourth-order valence-corrected chi connectivity index (χ4v) is 4.46. The van der Waals surface area contributed by atoms with Crippen molar-refractivity contribution in [1.82, 2.24) is 19.9 Å². The summed E-state index contributed by atoms with van der Waals surface area (Å²) >= 11 is 0. The summed E-state index contributed by atoms with van der Waals surface area (Å²) in [7, 11) is 1.47. The Labute approximate surface area is 200 Å². The second-order valence-corrected chi connectivity index (χ2v) is 8.35. The second-order valence-electron chi connectivity index (χ2n) is 8.35. The molecule has 1 aromatic carbocycles. The van der Waals surface area contributed by atoms with E-state index in [1.807, 2.05) is 42.7 Å². The number of hydrogen-bond acceptors (Lipinski definition) is 4. The zero-order chi connectivity index (χ0) is 25.3. The molecule has 0 bridgehead atoms. The Hall–Kier alpha value is -4.01. The molecule has 0 radical (unpaired) electrons. The van der Waals surface area contributed by atoms with Crippen LogP contribution < -0.4 is 15.6 Å². The van der Waals surface area contributed by atoms with Gasteiger partial charge in [-0.05, 0) is 50.6 Å². The zero-order valence-electron chi connectivity index (χ0n) is 19.9. The molecule has 0 aliphatic rings. The van der Waals surface area contributed by atoms with Gasteiger partial charge in [0.1, 0.15) is 11.4 Å². The monoisotopic (exact) mass is 480 g/mol. The van der Waals surface area contributed by atoms with Gasteiger partial charge in [0.2, 0.25) is 0 Å². The molecule has 4 rings (SSSR count). The number of carbonyl (C=O) groups is 1. The molecule has 0 spiro atoms. The fraction of sp³-hybridized carbons (Fsp3) is 0.269. The molecule has 0 saturated carbocycles. The SMILES string of the molecule is COc1cc(C)[nH]c(=O)c1CNC(=O)c1c(C)n(C(C)c2ccnc(C(F)F)c2)c2ccccc12. The Balaban J connectivity index is 1.72. The van der Waals surface area contributed by atoms with E-state index >= 15 is 0 Å². The quantitative estimate of drug-likeness (QED) is 0.397. The number of hydrogen-bond donors (Lipinski definition) is 2. The number of aromatic nitrogens is 3. The van der Waals surface area contributed by atoms with Gasteiger partial charge in [0.05, 0.1) is 30.8 Å². The van der Waals surface area contributed by atoms with Gasteiger partial charge in [0, 0.05) is 28.5 Å². The van der Waals surface area contributed by atoms with Crippen molar-refractivity contribution in [3.05, 3.63) is 92.8 Å². The van der Waals surface area contributed by atoms with Gasteiger partial charge in [-0.2, -0.15) is 0 Å². The first kappa shape index (κ1) is 24.1. The van der Waals surface area contributed by atoms with Crippen LogP contribution in [-0.4, -0.2) is 27.6 Å². The molecule has 0 aliphatic heterocycles. The van der Waals surface area contributed by atoms with Crippen molar-refractivity contribution in [1.29, 1.82) is 0 Å². The lowest BCUT2D eigenvalue weighted by Gasteiger charge is -2.19. The van der Waals surface area contributed by atoms with Crippen LogP contribution in [-0.2, 0) is 6.54 Å². The third-order valence-electron chi connectivity index (χ3n) is 6.16. The van der Waals surface area contributed by atoms with E-state index in [0.717, 1.165) is 10.9 Å². The number of halogens is 2. The highest BCUT2D eigenvalue weighted by atomic mass is 19.3. The Bertz CT molecular complexity index is 1460. The molecule has 1 atom stereocenters. The number of H-pyrrole nitrogens is 1. The molecule has 3 aromatic heterocycles. The Morgan fingerprint density at radius 1 is 1.20 bits per heavy atom. The van der Waals surface area contributed by atoms with Gasteiger partial charge >= 0.3 is 0 Å².